The van der Waals surface area contributed by atoms with Crippen LogP contribution < -0.4 is 0 Å². The molecular weight excluding hydrogens is 384 g/mol. The van der Waals surface area contributed by atoms with Crippen LogP contribution in [0.15, 0.2) is 54.9 Å². The lowest BCUT2D eigenvalue weighted by Crippen LogP contribution is -2.38. The molecule has 1 aliphatic heterocycles. The SMILES string of the molecule is Cc1cccc(-c2ncc(CN3CCCC(C(=O)c4cc(F)ccc4F)C3)cn2)c1. The lowest BCUT2D eigenvalue weighted by Gasteiger charge is -2.32. The largest absolute Gasteiger partial charge is 0.298 e. The Morgan fingerprint density at radius 2 is 1.93 bits per heavy atom. The number of hydrogen-bond donors (Lipinski definition) is 0. The van der Waals surface area contributed by atoms with Gasteiger partial charge in [-0.05, 0) is 50.6 Å². The second-order valence-corrected chi connectivity index (χ2v) is 7.85. The Morgan fingerprint density at radius 1 is 1.13 bits per heavy atom. The van der Waals surface area contributed by atoms with Crippen molar-refractivity contribution in [1.82, 2.24) is 14.9 Å². The maximum absolute atomic E-state index is 14.0. The highest BCUT2D eigenvalue weighted by molar-refractivity contribution is 5.98. The fourth-order valence-electron chi connectivity index (χ4n) is 3.95. The van der Waals surface area contributed by atoms with Crippen LogP contribution >= 0.6 is 0 Å². The lowest BCUT2D eigenvalue weighted by molar-refractivity contribution is 0.0806. The second kappa shape index (κ2) is 8.79. The molecule has 4 rings (SSSR count). The van der Waals surface area contributed by atoms with Crippen LogP contribution in [0.1, 0.15) is 34.3 Å². The zero-order chi connectivity index (χ0) is 21.1. The molecule has 1 fully saturated rings. The molecule has 2 heterocycles. The summed E-state index contributed by atoms with van der Waals surface area (Å²) in [5.41, 5.74) is 2.92. The van der Waals surface area contributed by atoms with Gasteiger partial charge in [-0.3, -0.25) is 9.69 Å². The van der Waals surface area contributed by atoms with Crippen LogP contribution in [0.3, 0.4) is 0 Å². The first-order valence-corrected chi connectivity index (χ1v) is 10.1. The molecular formula is C24H23F2N3O. The van der Waals surface area contributed by atoms with Crippen molar-refractivity contribution in [2.24, 2.45) is 5.92 Å². The van der Waals surface area contributed by atoms with E-state index < -0.39 is 11.6 Å². The Kier molecular flexibility index (Phi) is 5.95. The Balaban J connectivity index is 1.43. The summed E-state index contributed by atoms with van der Waals surface area (Å²) in [5.74, 6) is -1.27. The molecule has 0 N–H and O–H groups in total. The summed E-state index contributed by atoms with van der Waals surface area (Å²) in [6.07, 6.45) is 5.12. The summed E-state index contributed by atoms with van der Waals surface area (Å²) < 4.78 is 27.5. The van der Waals surface area contributed by atoms with E-state index in [-0.39, 0.29) is 17.3 Å². The minimum Gasteiger partial charge on any atom is -0.298 e. The molecule has 0 radical (unpaired) electrons. The normalized spacial score (nSPS) is 17.1. The number of aryl methyl sites for hydroxylation is 1. The van der Waals surface area contributed by atoms with Gasteiger partial charge in [-0.2, -0.15) is 0 Å². The van der Waals surface area contributed by atoms with Crippen molar-refractivity contribution >= 4 is 5.78 Å². The number of piperidine rings is 1. The third-order valence-electron chi connectivity index (χ3n) is 5.46. The first-order chi connectivity index (χ1) is 14.5. The number of carbonyl (C=O) groups is 1. The number of carbonyl (C=O) groups excluding carboxylic acids is 1. The zero-order valence-electron chi connectivity index (χ0n) is 16.8. The maximum atomic E-state index is 14.0. The zero-order valence-corrected chi connectivity index (χ0v) is 16.8. The van der Waals surface area contributed by atoms with Gasteiger partial charge in [0.15, 0.2) is 11.6 Å². The monoisotopic (exact) mass is 407 g/mol. The Hall–Kier alpha value is -2.99. The standard InChI is InChI=1S/C24H23F2N3O/c1-16-4-2-5-18(10-16)24-27-12-17(13-28-24)14-29-9-3-6-19(15-29)23(30)21-11-20(25)7-8-22(21)26/h2,4-5,7-8,10-13,19H,3,6,9,14-15H2,1H3. The summed E-state index contributed by atoms with van der Waals surface area (Å²) in [6, 6.07) is 11.1. The molecule has 30 heavy (non-hydrogen) atoms. The predicted octanol–water partition coefficient (Wildman–Crippen LogP) is 4.83. The highest BCUT2D eigenvalue weighted by Gasteiger charge is 2.28. The van der Waals surface area contributed by atoms with Gasteiger partial charge in [-0.25, -0.2) is 18.7 Å². The van der Waals surface area contributed by atoms with Gasteiger partial charge in [0.25, 0.3) is 0 Å². The number of halogens is 2. The van der Waals surface area contributed by atoms with E-state index in [2.05, 4.69) is 14.9 Å². The van der Waals surface area contributed by atoms with Gasteiger partial charge >= 0.3 is 0 Å². The first-order valence-electron chi connectivity index (χ1n) is 10.1. The second-order valence-electron chi connectivity index (χ2n) is 7.85. The molecule has 2 aromatic carbocycles. The summed E-state index contributed by atoms with van der Waals surface area (Å²) in [5, 5.41) is 0. The van der Waals surface area contributed by atoms with Crippen LogP contribution in [-0.4, -0.2) is 33.7 Å². The lowest BCUT2D eigenvalue weighted by atomic mass is 9.89. The molecule has 0 bridgehead atoms. The first kappa shape index (κ1) is 20.3. The fraction of sp³-hybridized carbons (Fsp3) is 0.292. The number of ketones is 1. The van der Waals surface area contributed by atoms with Gasteiger partial charge in [0.2, 0.25) is 0 Å². The van der Waals surface area contributed by atoms with Crippen LogP contribution in [0.4, 0.5) is 8.78 Å². The highest BCUT2D eigenvalue weighted by atomic mass is 19.1. The molecule has 1 aromatic heterocycles. The number of likely N-dealkylation sites (tertiary alicyclic amines) is 1. The van der Waals surface area contributed by atoms with Gasteiger partial charge in [0.1, 0.15) is 11.6 Å². The maximum Gasteiger partial charge on any atom is 0.170 e. The van der Waals surface area contributed by atoms with E-state index in [9.17, 15) is 13.6 Å². The number of hydrogen-bond acceptors (Lipinski definition) is 4. The van der Waals surface area contributed by atoms with E-state index >= 15 is 0 Å². The average molecular weight is 407 g/mol. The van der Waals surface area contributed by atoms with E-state index in [4.69, 9.17) is 0 Å². The topological polar surface area (TPSA) is 46.1 Å². The van der Waals surface area contributed by atoms with Crippen LogP contribution in [0.5, 0.6) is 0 Å². The molecule has 0 saturated carbocycles. The molecule has 1 aliphatic rings. The van der Waals surface area contributed by atoms with E-state index in [1.54, 1.807) is 0 Å². The quantitative estimate of drug-likeness (QED) is 0.569. The minimum atomic E-state index is -0.668. The van der Waals surface area contributed by atoms with Gasteiger partial charge in [-0.15, -0.1) is 0 Å². The van der Waals surface area contributed by atoms with Crippen LogP contribution in [0.25, 0.3) is 11.4 Å². The Bertz CT molecular complexity index is 1050. The third kappa shape index (κ3) is 4.60. The van der Waals surface area contributed by atoms with Crippen molar-refractivity contribution in [1.29, 1.82) is 0 Å². The Morgan fingerprint density at radius 3 is 2.70 bits per heavy atom. The number of nitrogens with zero attached hydrogens (tertiary/aromatic N) is 3. The van der Waals surface area contributed by atoms with Crippen LogP contribution in [0.2, 0.25) is 0 Å². The van der Waals surface area contributed by atoms with E-state index in [1.165, 1.54) is 0 Å². The Labute approximate surface area is 174 Å². The van der Waals surface area contributed by atoms with Crippen molar-refractivity contribution in [2.75, 3.05) is 13.1 Å². The molecule has 1 saturated heterocycles. The molecule has 4 nitrogen and oxygen atoms in total. The van der Waals surface area contributed by atoms with Gasteiger partial charge in [-0.1, -0.05) is 23.8 Å². The number of rotatable bonds is 5. The minimum absolute atomic E-state index is 0.160. The van der Waals surface area contributed by atoms with E-state index in [0.29, 0.717) is 25.3 Å². The number of Topliss-reactive ketones (excluding diaryl/α,β-unsaturated/α-hetero) is 1. The predicted molar refractivity (Wildman–Crippen MR) is 111 cm³/mol. The average Bonchev–Trinajstić information content (AvgIpc) is 2.76. The summed E-state index contributed by atoms with van der Waals surface area (Å²) in [6.45, 7) is 3.99. The molecule has 0 amide bonds. The van der Waals surface area contributed by atoms with Crippen molar-refractivity contribution in [3.8, 4) is 11.4 Å². The third-order valence-corrected chi connectivity index (χ3v) is 5.46. The molecule has 6 heteroatoms. The summed E-state index contributed by atoms with van der Waals surface area (Å²) in [4.78, 5) is 23.9. The molecule has 154 valence electrons. The molecule has 0 aliphatic carbocycles. The summed E-state index contributed by atoms with van der Waals surface area (Å²) >= 11 is 0. The summed E-state index contributed by atoms with van der Waals surface area (Å²) in [7, 11) is 0. The van der Waals surface area contributed by atoms with Gasteiger partial charge in [0, 0.05) is 42.5 Å². The van der Waals surface area contributed by atoms with Gasteiger partial charge < -0.3 is 0 Å². The number of benzene rings is 2. The van der Waals surface area contributed by atoms with Crippen molar-refractivity contribution < 1.29 is 13.6 Å². The van der Waals surface area contributed by atoms with Crippen LogP contribution in [0, 0.1) is 24.5 Å². The van der Waals surface area contributed by atoms with Crippen molar-refractivity contribution in [2.45, 2.75) is 26.3 Å². The van der Waals surface area contributed by atoms with Gasteiger partial charge in [0.05, 0.1) is 5.56 Å². The van der Waals surface area contributed by atoms with Crippen molar-refractivity contribution in [3.63, 3.8) is 0 Å². The van der Waals surface area contributed by atoms with Crippen LogP contribution in [-0.2, 0) is 6.54 Å². The molecule has 1 unspecified atom stereocenters. The smallest absolute Gasteiger partial charge is 0.170 e. The fourth-order valence-corrected chi connectivity index (χ4v) is 3.95. The molecule has 3 aromatic rings. The molecule has 1 atom stereocenters. The van der Waals surface area contributed by atoms with E-state index in [1.807, 2.05) is 43.6 Å². The molecule has 0 spiro atoms. The van der Waals surface area contributed by atoms with E-state index in [0.717, 1.165) is 47.9 Å². The van der Waals surface area contributed by atoms with Crippen molar-refractivity contribution in [3.05, 3.63) is 83.2 Å². The number of aromatic nitrogens is 2. The highest BCUT2D eigenvalue weighted by Crippen LogP contribution is 2.24.